The number of rotatable bonds is 2. The second kappa shape index (κ2) is 6.60. The SMILES string of the molecule is Cc1cc2c(cc1C(=O)N(C)C1CCC(C)CC1)N(C)C(=O)C(C)(C)O2. The molecule has 5 nitrogen and oxygen atoms in total. The molecule has 1 aliphatic carbocycles. The zero-order chi connectivity index (χ0) is 19.2. The summed E-state index contributed by atoms with van der Waals surface area (Å²) in [5, 5.41) is 0. The highest BCUT2D eigenvalue weighted by atomic mass is 16.5. The Bertz CT molecular complexity index is 733. The smallest absolute Gasteiger partial charge is 0.270 e. The van der Waals surface area contributed by atoms with Gasteiger partial charge in [0.1, 0.15) is 5.75 Å². The molecule has 1 aromatic rings. The van der Waals surface area contributed by atoms with Crippen LogP contribution in [0.15, 0.2) is 12.1 Å². The minimum Gasteiger partial charge on any atom is -0.476 e. The lowest BCUT2D eigenvalue weighted by atomic mass is 9.86. The molecule has 0 spiro atoms. The molecule has 3 rings (SSSR count). The van der Waals surface area contributed by atoms with E-state index in [2.05, 4.69) is 6.92 Å². The number of likely N-dealkylation sites (N-methyl/N-ethyl adjacent to an activating group) is 1. The first-order chi connectivity index (χ1) is 12.1. The molecule has 0 aromatic heterocycles. The summed E-state index contributed by atoms with van der Waals surface area (Å²) in [6, 6.07) is 3.98. The van der Waals surface area contributed by atoms with Crippen molar-refractivity contribution in [1.82, 2.24) is 4.90 Å². The van der Waals surface area contributed by atoms with Gasteiger partial charge in [-0.05, 0) is 70.1 Å². The lowest BCUT2D eigenvalue weighted by molar-refractivity contribution is -0.132. The minimum absolute atomic E-state index is 0.0236. The third-order valence-corrected chi connectivity index (χ3v) is 5.94. The first-order valence-corrected chi connectivity index (χ1v) is 9.50. The van der Waals surface area contributed by atoms with Crippen LogP contribution in [0.3, 0.4) is 0 Å². The van der Waals surface area contributed by atoms with Crippen LogP contribution in [0.25, 0.3) is 0 Å². The van der Waals surface area contributed by atoms with Crippen LogP contribution in [0.2, 0.25) is 0 Å². The highest BCUT2D eigenvalue weighted by Crippen LogP contribution is 2.39. The van der Waals surface area contributed by atoms with Crippen molar-refractivity contribution in [3.05, 3.63) is 23.3 Å². The lowest BCUT2D eigenvalue weighted by Crippen LogP contribution is -2.51. The Morgan fingerprint density at radius 3 is 2.46 bits per heavy atom. The van der Waals surface area contributed by atoms with Gasteiger partial charge in [0.25, 0.3) is 11.8 Å². The number of benzene rings is 1. The van der Waals surface area contributed by atoms with E-state index >= 15 is 0 Å². The van der Waals surface area contributed by atoms with Crippen LogP contribution in [0, 0.1) is 12.8 Å². The van der Waals surface area contributed by atoms with E-state index in [1.807, 2.05) is 31.0 Å². The molecule has 26 heavy (non-hydrogen) atoms. The number of ether oxygens (including phenoxy) is 1. The normalized spacial score (nSPS) is 24.7. The molecule has 0 saturated heterocycles. The number of hydrogen-bond acceptors (Lipinski definition) is 3. The molecule has 2 aliphatic rings. The van der Waals surface area contributed by atoms with E-state index in [1.54, 1.807) is 25.8 Å². The van der Waals surface area contributed by atoms with Gasteiger partial charge in [0.15, 0.2) is 5.60 Å². The number of aryl methyl sites for hydroxylation is 1. The monoisotopic (exact) mass is 358 g/mol. The Hall–Kier alpha value is -2.04. The van der Waals surface area contributed by atoms with Gasteiger partial charge in [0.2, 0.25) is 0 Å². The molecule has 0 N–H and O–H groups in total. The Morgan fingerprint density at radius 2 is 1.85 bits per heavy atom. The number of nitrogens with zero attached hydrogens (tertiary/aromatic N) is 2. The topological polar surface area (TPSA) is 49.9 Å². The molecule has 1 saturated carbocycles. The van der Waals surface area contributed by atoms with Gasteiger partial charge in [-0.25, -0.2) is 0 Å². The minimum atomic E-state index is -0.894. The van der Waals surface area contributed by atoms with Gasteiger partial charge in [-0.1, -0.05) is 6.92 Å². The van der Waals surface area contributed by atoms with E-state index in [1.165, 1.54) is 12.8 Å². The van der Waals surface area contributed by atoms with E-state index in [0.29, 0.717) is 23.0 Å². The summed E-state index contributed by atoms with van der Waals surface area (Å²) in [6.07, 6.45) is 4.46. The Balaban J connectivity index is 1.89. The molecule has 1 aliphatic heterocycles. The maximum Gasteiger partial charge on any atom is 0.270 e. The lowest BCUT2D eigenvalue weighted by Gasteiger charge is -2.38. The van der Waals surface area contributed by atoms with Crippen molar-refractivity contribution in [1.29, 1.82) is 0 Å². The quantitative estimate of drug-likeness (QED) is 0.808. The van der Waals surface area contributed by atoms with Crippen molar-refractivity contribution in [3.8, 4) is 5.75 Å². The molecule has 5 heteroatoms. The summed E-state index contributed by atoms with van der Waals surface area (Å²) in [5.41, 5.74) is 1.29. The largest absolute Gasteiger partial charge is 0.476 e. The fourth-order valence-corrected chi connectivity index (χ4v) is 4.06. The zero-order valence-corrected chi connectivity index (χ0v) is 16.8. The third-order valence-electron chi connectivity index (χ3n) is 5.94. The van der Waals surface area contributed by atoms with E-state index < -0.39 is 5.60 Å². The highest BCUT2D eigenvalue weighted by molar-refractivity contribution is 6.04. The summed E-state index contributed by atoms with van der Waals surface area (Å²) < 4.78 is 5.89. The predicted octanol–water partition coefficient (Wildman–Crippen LogP) is 3.78. The third kappa shape index (κ3) is 3.19. The van der Waals surface area contributed by atoms with Crippen molar-refractivity contribution < 1.29 is 14.3 Å². The second-order valence-corrected chi connectivity index (χ2v) is 8.44. The molecule has 2 amide bonds. The first kappa shape index (κ1) is 18.7. The molecular formula is C21H30N2O3. The van der Waals surface area contributed by atoms with Crippen LogP contribution in [0.4, 0.5) is 5.69 Å². The van der Waals surface area contributed by atoms with Crippen molar-refractivity contribution in [3.63, 3.8) is 0 Å². The Labute approximate surface area is 156 Å². The number of amides is 2. The molecule has 0 atom stereocenters. The van der Waals surface area contributed by atoms with Crippen LogP contribution < -0.4 is 9.64 Å². The highest BCUT2D eigenvalue weighted by Gasteiger charge is 2.40. The van der Waals surface area contributed by atoms with Crippen LogP contribution in [-0.4, -0.2) is 42.5 Å². The van der Waals surface area contributed by atoms with E-state index in [4.69, 9.17) is 4.74 Å². The van der Waals surface area contributed by atoms with Gasteiger partial charge >= 0.3 is 0 Å². The van der Waals surface area contributed by atoms with Gasteiger partial charge < -0.3 is 14.5 Å². The van der Waals surface area contributed by atoms with Crippen LogP contribution >= 0.6 is 0 Å². The molecule has 1 heterocycles. The molecule has 1 fully saturated rings. The zero-order valence-electron chi connectivity index (χ0n) is 16.8. The Kier molecular flexibility index (Phi) is 4.76. The number of carbonyl (C=O) groups excluding carboxylic acids is 2. The summed E-state index contributed by atoms with van der Waals surface area (Å²) in [4.78, 5) is 29.1. The van der Waals surface area contributed by atoms with Gasteiger partial charge in [-0.3, -0.25) is 9.59 Å². The second-order valence-electron chi connectivity index (χ2n) is 8.44. The average molecular weight is 358 g/mol. The average Bonchev–Trinajstić information content (AvgIpc) is 2.59. The van der Waals surface area contributed by atoms with E-state index in [0.717, 1.165) is 24.3 Å². The molecule has 0 unspecified atom stereocenters. The standard InChI is InChI=1S/C21H30N2O3/c1-13-7-9-15(10-8-13)22(5)19(24)16-12-17-18(11-14(16)2)26-21(3,4)20(25)23(17)6/h11-13,15H,7-10H2,1-6H3. The van der Waals surface area contributed by atoms with Crippen molar-refractivity contribution in [2.45, 2.75) is 65.0 Å². The van der Waals surface area contributed by atoms with Crippen LogP contribution in [0.5, 0.6) is 5.75 Å². The van der Waals surface area contributed by atoms with E-state index in [9.17, 15) is 9.59 Å². The number of carbonyl (C=O) groups is 2. The molecule has 0 radical (unpaired) electrons. The predicted molar refractivity (Wildman–Crippen MR) is 103 cm³/mol. The summed E-state index contributed by atoms with van der Waals surface area (Å²) in [5.74, 6) is 1.32. The number of hydrogen-bond donors (Lipinski definition) is 0. The van der Waals surface area contributed by atoms with Crippen molar-refractivity contribution >= 4 is 17.5 Å². The van der Waals surface area contributed by atoms with Crippen molar-refractivity contribution in [2.75, 3.05) is 19.0 Å². The number of anilines is 1. The molecule has 1 aromatic carbocycles. The summed E-state index contributed by atoms with van der Waals surface area (Å²) in [7, 11) is 3.64. The summed E-state index contributed by atoms with van der Waals surface area (Å²) in [6.45, 7) is 7.74. The molecule has 0 bridgehead atoms. The molecular weight excluding hydrogens is 328 g/mol. The maximum absolute atomic E-state index is 13.1. The fraction of sp³-hybridized carbons (Fsp3) is 0.619. The van der Waals surface area contributed by atoms with Gasteiger partial charge in [-0.15, -0.1) is 0 Å². The van der Waals surface area contributed by atoms with Gasteiger partial charge in [0, 0.05) is 25.7 Å². The van der Waals surface area contributed by atoms with Crippen molar-refractivity contribution in [2.24, 2.45) is 5.92 Å². The first-order valence-electron chi connectivity index (χ1n) is 9.50. The molecule has 142 valence electrons. The maximum atomic E-state index is 13.1. The van der Waals surface area contributed by atoms with Gasteiger partial charge in [-0.2, -0.15) is 0 Å². The summed E-state index contributed by atoms with van der Waals surface area (Å²) >= 11 is 0. The van der Waals surface area contributed by atoms with Gasteiger partial charge in [0.05, 0.1) is 5.69 Å². The number of fused-ring (bicyclic) bond motifs is 1. The van der Waals surface area contributed by atoms with Crippen LogP contribution in [-0.2, 0) is 4.79 Å². The Morgan fingerprint density at radius 1 is 1.23 bits per heavy atom. The van der Waals surface area contributed by atoms with E-state index in [-0.39, 0.29) is 11.8 Å². The van der Waals surface area contributed by atoms with Crippen LogP contribution in [0.1, 0.15) is 62.4 Å². The fourth-order valence-electron chi connectivity index (χ4n) is 4.06.